The van der Waals surface area contributed by atoms with Gasteiger partial charge in [0.15, 0.2) is 0 Å². The number of alkyl halides is 3. The number of nitrogens with two attached hydrogens (primary N) is 1. The van der Waals surface area contributed by atoms with Gasteiger partial charge in [-0.3, -0.25) is 0 Å². The fourth-order valence-electron chi connectivity index (χ4n) is 0.725. The van der Waals surface area contributed by atoms with Gasteiger partial charge in [0.05, 0.1) is 2.74 Å². The molecule has 0 unspecified atom stereocenters. The van der Waals surface area contributed by atoms with E-state index in [0.717, 1.165) is 6.92 Å². The Kier molecular flexibility index (Phi) is 1.39. The van der Waals surface area contributed by atoms with Crippen LogP contribution in [-0.2, 0) is 6.18 Å². The zero-order chi connectivity index (χ0) is 11.1. The van der Waals surface area contributed by atoms with E-state index < -0.39 is 29.8 Å². The van der Waals surface area contributed by atoms with Crippen molar-refractivity contribution >= 4 is 5.82 Å². The highest BCUT2D eigenvalue weighted by Gasteiger charge is 2.34. The van der Waals surface area contributed by atoms with Gasteiger partial charge in [0.2, 0.25) is 0 Å². The number of nitrogens with zero attached hydrogens (tertiary/aromatic N) is 1. The molecule has 1 aromatic heterocycles. The summed E-state index contributed by atoms with van der Waals surface area (Å²) < 4.78 is 51.2. The van der Waals surface area contributed by atoms with Gasteiger partial charge in [-0.15, -0.1) is 0 Å². The van der Waals surface area contributed by atoms with Gasteiger partial charge in [-0.1, -0.05) is 6.04 Å². The molecular formula is C7H7F3N2. The summed E-state index contributed by atoms with van der Waals surface area (Å²) in [4.78, 5) is 3.05. The maximum Gasteiger partial charge on any atom is 0.433 e. The highest BCUT2D eigenvalue weighted by Crippen LogP contribution is 2.30. The molecule has 0 radical (unpaired) electrons. The Balaban J connectivity index is 3.49. The lowest BCUT2D eigenvalue weighted by atomic mass is 10.2. The van der Waals surface area contributed by atoms with Crippen LogP contribution in [0.5, 0.6) is 0 Å². The van der Waals surface area contributed by atoms with Crippen molar-refractivity contribution in [2.45, 2.75) is 13.1 Å². The minimum absolute atomic E-state index is 0.378. The Labute approximate surface area is 70.0 Å². The van der Waals surface area contributed by atoms with Crippen molar-refractivity contribution in [1.82, 2.24) is 4.98 Å². The molecule has 0 aromatic carbocycles. The highest BCUT2D eigenvalue weighted by molar-refractivity contribution is 5.34. The van der Waals surface area contributed by atoms with Crippen LogP contribution >= 0.6 is 0 Å². The molecule has 2 N–H and O–H groups in total. The van der Waals surface area contributed by atoms with Gasteiger partial charge >= 0.3 is 6.18 Å². The normalized spacial score (nSPS) is 14.0. The number of halogens is 3. The van der Waals surface area contributed by atoms with E-state index in [1.165, 1.54) is 0 Å². The summed E-state index contributed by atoms with van der Waals surface area (Å²) in [6.45, 7) is 1.09. The summed E-state index contributed by atoms with van der Waals surface area (Å²) in [6, 6.07) is -1.01. The third kappa shape index (κ3) is 1.66. The van der Waals surface area contributed by atoms with Crippen LogP contribution in [0.4, 0.5) is 19.0 Å². The summed E-state index contributed by atoms with van der Waals surface area (Å²) in [7, 11) is 0. The molecule has 66 valence electrons. The number of rotatable bonds is 0. The number of pyridine rings is 1. The van der Waals surface area contributed by atoms with Crippen LogP contribution < -0.4 is 5.73 Å². The quantitative estimate of drug-likeness (QED) is 0.659. The summed E-state index contributed by atoms with van der Waals surface area (Å²) in [5.41, 5.74) is 3.49. The first-order valence-electron chi connectivity index (χ1n) is 4.05. The predicted molar refractivity (Wildman–Crippen MR) is 38.4 cm³/mol. The van der Waals surface area contributed by atoms with E-state index in [4.69, 9.17) is 8.48 Å². The zero-order valence-corrected chi connectivity index (χ0v) is 6.16. The van der Waals surface area contributed by atoms with Crippen molar-refractivity contribution in [3.05, 3.63) is 23.3 Å². The van der Waals surface area contributed by atoms with E-state index in [9.17, 15) is 13.2 Å². The third-order valence-corrected chi connectivity index (χ3v) is 1.23. The predicted octanol–water partition coefficient (Wildman–Crippen LogP) is 1.99. The summed E-state index contributed by atoms with van der Waals surface area (Å²) in [5.74, 6) is -0.576. The number of hydrogen-bond acceptors (Lipinski definition) is 2. The van der Waals surface area contributed by atoms with Gasteiger partial charge in [-0.05, 0) is 18.5 Å². The maximum absolute atomic E-state index is 12.3. The molecule has 1 heterocycles. The summed E-state index contributed by atoms with van der Waals surface area (Å²) >= 11 is 0. The second-order valence-corrected chi connectivity index (χ2v) is 2.22. The molecule has 0 aliphatic heterocycles. The molecule has 0 atom stereocenters. The van der Waals surface area contributed by atoms with Gasteiger partial charge in [0.25, 0.3) is 0 Å². The number of nitrogen functional groups attached to an aromatic ring is 1. The first-order valence-corrected chi connectivity index (χ1v) is 3.05. The summed E-state index contributed by atoms with van der Waals surface area (Å²) in [5, 5.41) is 0. The molecule has 12 heavy (non-hydrogen) atoms. The summed E-state index contributed by atoms with van der Waals surface area (Å²) in [6.07, 6.45) is -4.64. The zero-order valence-electron chi connectivity index (χ0n) is 8.16. The van der Waals surface area contributed by atoms with Crippen LogP contribution in [-0.4, -0.2) is 4.98 Å². The topological polar surface area (TPSA) is 38.9 Å². The fraction of sp³-hybridized carbons (Fsp3) is 0.286. The van der Waals surface area contributed by atoms with Crippen LogP contribution in [0.15, 0.2) is 12.1 Å². The first-order chi connectivity index (χ1) is 6.25. The molecular weight excluding hydrogens is 169 g/mol. The van der Waals surface area contributed by atoms with E-state index in [1.807, 2.05) is 0 Å². The SMILES string of the molecule is [2H]c1c(N)nc(C(F)(F)F)c(C)c1[2H]. The molecule has 0 saturated heterocycles. The Hall–Kier alpha value is -1.26. The third-order valence-electron chi connectivity index (χ3n) is 1.23. The van der Waals surface area contributed by atoms with Crippen LogP contribution in [0.1, 0.15) is 14.0 Å². The molecule has 2 nitrogen and oxygen atoms in total. The maximum atomic E-state index is 12.3. The monoisotopic (exact) mass is 178 g/mol. The van der Waals surface area contributed by atoms with Gasteiger partial charge in [0.1, 0.15) is 11.5 Å². The number of aromatic nitrogens is 1. The molecule has 0 spiro atoms. The highest BCUT2D eigenvalue weighted by atomic mass is 19.4. The molecule has 0 amide bonds. The van der Waals surface area contributed by atoms with E-state index in [0.29, 0.717) is 0 Å². The van der Waals surface area contributed by atoms with Crippen molar-refractivity contribution in [3.8, 4) is 0 Å². The largest absolute Gasteiger partial charge is 0.433 e. The van der Waals surface area contributed by atoms with Gasteiger partial charge < -0.3 is 5.73 Å². The van der Waals surface area contributed by atoms with Crippen LogP contribution in [0.3, 0.4) is 0 Å². The van der Waals surface area contributed by atoms with E-state index in [-0.39, 0.29) is 5.56 Å². The van der Waals surface area contributed by atoms with E-state index in [2.05, 4.69) is 4.98 Å². The Bertz CT molecular complexity index is 376. The molecule has 0 aliphatic carbocycles. The standard InChI is InChI=1S/C7H7F3N2/c1-4-2-3-5(11)12-6(4)7(8,9)10/h2-3H,1H3,(H2,11,12)/i2D,3D. The molecule has 1 rings (SSSR count). The molecule has 0 saturated carbocycles. The van der Waals surface area contributed by atoms with Gasteiger partial charge in [-0.2, -0.15) is 13.2 Å². The van der Waals surface area contributed by atoms with Crippen molar-refractivity contribution < 1.29 is 15.9 Å². The van der Waals surface area contributed by atoms with E-state index >= 15 is 0 Å². The number of hydrogen-bond donors (Lipinski definition) is 1. The van der Waals surface area contributed by atoms with Crippen molar-refractivity contribution in [3.63, 3.8) is 0 Å². The Morgan fingerprint density at radius 1 is 1.50 bits per heavy atom. The van der Waals surface area contributed by atoms with Crippen LogP contribution in [0.25, 0.3) is 0 Å². The lowest BCUT2D eigenvalue weighted by Gasteiger charge is -2.08. The van der Waals surface area contributed by atoms with Crippen molar-refractivity contribution in [1.29, 1.82) is 0 Å². The molecule has 0 fully saturated rings. The first kappa shape index (κ1) is 6.28. The van der Waals surface area contributed by atoms with E-state index in [1.54, 1.807) is 0 Å². The minimum atomic E-state index is -4.64. The van der Waals surface area contributed by atoms with Crippen molar-refractivity contribution in [2.75, 3.05) is 5.73 Å². The molecule has 5 heteroatoms. The number of anilines is 1. The Morgan fingerprint density at radius 3 is 2.58 bits per heavy atom. The minimum Gasteiger partial charge on any atom is -0.384 e. The molecule has 0 aliphatic rings. The van der Waals surface area contributed by atoms with Crippen molar-refractivity contribution in [2.24, 2.45) is 0 Å². The molecule has 0 bridgehead atoms. The average molecular weight is 178 g/mol. The van der Waals surface area contributed by atoms with Crippen LogP contribution in [0.2, 0.25) is 0 Å². The smallest absolute Gasteiger partial charge is 0.384 e. The lowest BCUT2D eigenvalue weighted by molar-refractivity contribution is -0.141. The second-order valence-electron chi connectivity index (χ2n) is 2.22. The average Bonchev–Trinajstić information content (AvgIpc) is 2.06. The van der Waals surface area contributed by atoms with Gasteiger partial charge in [0, 0.05) is 0 Å². The second kappa shape index (κ2) is 2.66. The fourth-order valence-corrected chi connectivity index (χ4v) is 0.725. The molecule has 1 aromatic rings. The Morgan fingerprint density at radius 2 is 2.08 bits per heavy atom. The van der Waals surface area contributed by atoms with Gasteiger partial charge in [-0.25, -0.2) is 4.98 Å². The lowest BCUT2D eigenvalue weighted by Crippen LogP contribution is -2.11. The van der Waals surface area contributed by atoms with Crippen LogP contribution in [0, 0.1) is 6.92 Å².